The highest BCUT2D eigenvalue weighted by molar-refractivity contribution is 5.94. The highest BCUT2D eigenvalue weighted by Crippen LogP contribution is 2.32. The first-order valence-electron chi connectivity index (χ1n) is 6.30. The van der Waals surface area contributed by atoms with Gasteiger partial charge in [0.05, 0.1) is 5.56 Å². The van der Waals surface area contributed by atoms with Crippen LogP contribution in [0.15, 0.2) is 18.2 Å². The molecule has 0 aliphatic carbocycles. The van der Waals surface area contributed by atoms with Crippen LogP contribution in [-0.4, -0.2) is 30.9 Å². The first-order valence-corrected chi connectivity index (χ1v) is 6.30. The number of benzene rings is 1. The summed E-state index contributed by atoms with van der Waals surface area (Å²) >= 11 is 0. The maximum atomic E-state index is 13.2. The van der Waals surface area contributed by atoms with Crippen LogP contribution in [0.2, 0.25) is 0 Å². The summed E-state index contributed by atoms with van der Waals surface area (Å²) in [5.41, 5.74) is 3.54. The number of rotatable bonds is 4. The van der Waals surface area contributed by atoms with Crippen molar-refractivity contribution in [2.45, 2.75) is 20.0 Å². The van der Waals surface area contributed by atoms with E-state index in [0.29, 0.717) is 18.7 Å². The van der Waals surface area contributed by atoms with Crippen molar-refractivity contribution in [3.63, 3.8) is 0 Å². The maximum Gasteiger partial charge on any atom is 0.419 e. The number of hydrogen-bond acceptors (Lipinski definition) is 2. The standard InChI is InChI=1S/C14H18F4N2O.ClH/c1-13(2,7-19)8-20(3)12(21)9-4-5-11(15)10(6-9)14(16,17)18;/h4-6H,7-8,19H2,1-3H3;1H. The minimum Gasteiger partial charge on any atom is -0.341 e. The zero-order valence-corrected chi connectivity index (χ0v) is 13.3. The van der Waals surface area contributed by atoms with Crippen LogP contribution in [0, 0.1) is 11.2 Å². The van der Waals surface area contributed by atoms with E-state index >= 15 is 0 Å². The molecule has 0 aliphatic rings. The molecule has 0 fully saturated rings. The van der Waals surface area contributed by atoms with Crippen LogP contribution in [0.1, 0.15) is 29.8 Å². The van der Waals surface area contributed by atoms with E-state index in [2.05, 4.69) is 0 Å². The molecule has 0 unspecified atom stereocenters. The van der Waals surface area contributed by atoms with E-state index in [9.17, 15) is 22.4 Å². The third-order valence-electron chi connectivity index (χ3n) is 3.08. The summed E-state index contributed by atoms with van der Waals surface area (Å²) in [6.07, 6.45) is -4.84. The first-order chi connectivity index (χ1) is 9.48. The van der Waals surface area contributed by atoms with E-state index in [1.165, 1.54) is 11.9 Å². The third kappa shape index (κ3) is 5.14. The summed E-state index contributed by atoms with van der Waals surface area (Å²) in [6, 6.07) is 2.22. The summed E-state index contributed by atoms with van der Waals surface area (Å²) in [4.78, 5) is 13.4. The molecule has 0 spiro atoms. The zero-order chi connectivity index (χ0) is 16.4. The van der Waals surface area contributed by atoms with Gasteiger partial charge in [0.1, 0.15) is 5.82 Å². The molecule has 0 aliphatic heterocycles. The Labute approximate surface area is 132 Å². The van der Waals surface area contributed by atoms with Crippen molar-refractivity contribution in [2.75, 3.05) is 20.1 Å². The smallest absolute Gasteiger partial charge is 0.341 e. The average molecular weight is 343 g/mol. The minimum atomic E-state index is -4.84. The normalized spacial score (nSPS) is 11.8. The Balaban J connectivity index is 0.00000441. The summed E-state index contributed by atoms with van der Waals surface area (Å²) in [6.45, 7) is 4.27. The third-order valence-corrected chi connectivity index (χ3v) is 3.08. The monoisotopic (exact) mass is 342 g/mol. The number of hydrogen-bond donors (Lipinski definition) is 1. The predicted molar refractivity (Wildman–Crippen MR) is 78.4 cm³/mol. The van der Waals surface area contributed by atoms with Crippen LogP contribution >= 0.6 is 12.4 Å². The van der Waals surface area contributed by atoms with Gasteiger partial charge < -0.3 is 10.6 Å². The summed E-state index contributed by atoms with van der Waals surface area (Å²) in [5.74, 6) is -2.01. The van der Waals surface area contributed by atoms with Crippen molar-refractivity contribution in [2.24, 2.45) is 11.1 Å². The van der Waals surface area contributed by atoms with Crippen LogP contribution in [0.5, 0.6) is 0 Å². The summed E-state index contributed by atoms with van der Waals surface area (Å²) < 4.78 is 51.1. The molecule has 1 aromatic rings. The second kappa shape index (κ2) is 7.28. The lowest BCUT2D eigenvalue weighted by atomic mass is 9.93. The fourth-order valence-corrected chi connectivity index (χ4v) is 1.87. The molecule has 0 aromatic heterocycles. The van der Waals surface area contributed by atoms with Gasteiger partial charge in [-0.1, -0.05) is 13.8 Å². The topological polar surface area (TPSA) is 46.3 Å². The Morgan fingerprint density at radius 2 is 1.82 bits per heavy atom. The fraction of sp³-hybridized carbons (Fsp3) is 0.500. The van der Waals surface area contributed by atoms with Gasteiger partial charge in [0.2, 0.25) is 0 Å². The van der Waals surface area contributed by atoms with Crippen LogP contribution in [0.4, 0.5) is 17.6 Å². The molecule has 8 heteroatoms. The number of carbonyl (C=O) groups excluding carboxylic acids is 1. The Kier molecular flexibility index (Phi) is 6.84. The molecule has 0 heterocycles. The maximum absolute atomic E-state index is 13.2. The van der Waals surface area contributed by atoms with Crippen molar-refractivity contribution in [3.8, 4) is 0 Å². The molecule has 1 rings (SSSR count). The average Bonchev–Trinajstić information content (AvgIpc) is 2.36. The van der Waals surface area contributed by atoms with E-state index in [-0.39, 0.29) is 29.9 Å². The highest BCUT2D eigenvalue weighted by Gasteiger charge is 2.35. The van der Waals surface area contributed by atoms with E-state index < -0.39 is 23.5 Å². The molecule has 2 N–H and O–H groups in total. The molecule has 126 valence electrons. The van der Waals surface area contributed by atoms with Gasteiger partial charge in [-0.05, 0) is 30.2 Å². The minimum absolute atomic E-state index is 0. The molecular formula is C14H19ClF4N2O. The van der Waals surface area contributed by atoms with Crippen LogP contribution in [-0.2, 0) is 6.18 Å². The Hall–Kier alpha value is -1.34. The molecule has 22 heavy (non-hydrogen) atoms. The molecule has 0 saturated heterocycles. The first kappa shape index (κ1) is 20.7. The van der Waals surface area contributed by atoms with Gasteiger partial charge in [0, 0.05) is 19.2 Å². The number of alkyl halides is 3. The Morgan fingerprint density at radius 1 is 1.27 bits per heavy atom. The number of amides is 1. The van der Waals surface area contributed by atoms with Crippen molar-refractivity contribution < 1.29 is 22.4 Å². The summed E-state index contributed by atoms with van der Waals surface area (Å²) in [7, 11) is 1.47. The second-order valence-electron chi connectivity index (χ2n) is 5.72. The second-order valence-corrected chi connectivity index (χ2v) is 5.72. The summed E-state index contributed by atoms with van der Waals surface area (Å²) in [5, 5.41) is 0. The van der Waals surface area contributed by atoms with Crippen molar-refractivity contribution in [1.82, 2.24) is 4.90 Å². The molecule has 0 bridgehead atoms. The van der Waals surface area contributed by atoms with Crippen LogP contribution in [0.25, 0.3) is 0 Å². The number of carbonyl (C=O) groups is 1. The van der Waals surface area contributed by atoms with E-state index in [4.69, 9.17) is 5.73 Å². The zero-order valence-electron chi connectivity index (χ0n) is 12.5. The highest BCUT2D eigenvalue weighted by atomic mass is 35.5. The molecular weight excluding hydrogens is 324 g/mol. The van der Waals surface area contributed by atoms with Gasteiger partial charge in [0.25, 0.3) is 5.91 Å². The van der Waals surface area contributed by atoms with Gasteiger partial charge in [-0.25, -0.2) is 4.39 Å². The van der Waals surface area contributed by atoms with Crippen LogP contribution in [0.3, 0.4) is 0 Å². The van der Waals surface area contributed by atoms with Gasteiger partial charge in [-0.3, -0.25) is 4.79 Å². The van der Waals surface area contributed by atoms with Crippen molar-refractivity contribution in [1.29, 1.82) is 0 Å². The van der Waals surface area contributed by atoms with Crippen LogP contribution < -0.4 is 5.73 Å². The van der Waals surface area contributed by atoms with E-state index in [0.717, 1.165) is 6.07 Å². The molecule has 0 saturated carbocycles. The lowest BCUT2D eigenvalue weighted by Gasteiger charge is -2.29. The fourth-order valence-electron chi connectivity index (χ4n) is 1.87. The number of halogens is 5. The Bertz CT molecular complexity index is 532. The number of nitrogens with two attached hydrogens (primary N) is 1. The van der Waals surface area contributed by atoms with E-state index in [1.54, 1.807) is 0 Å². The van der Waals surface area contributed by atoms with Gasteiger partial charge >= 0.3 is 6.18 Å². The molecule has 0 atom stereocenters. The molecule has 1 aromatic carbocycles. The van der Waals surface area contributed by atoms with Gasteiger partial charge in [0.15, 0.2) is 0 Å². The Morgan fingerprint density at radius 3 is 2.27 bits per heavy atom. The van der Waals surface area contributed by atoms with Gasteiger partial charge in [-0.15, -0.1) is 12.4 Å². The largest absolute Gasteiger partial charge is 0.419 e. The quantitative estimate of drug-likeness (QED) is 0.853. The lowest BCUT2D eigenvalue weighted by molar-refractivity contribution is -0.140. The predicted octanol–water partition coefficient (Wildman–Crippen LogP) is 3.32. The van der Waals surface area contributed by atoms with Crippen molar-refractivity contribution >= 4 is 18.3 Å². The van der Waals surface area contributed by atoms with E-state index in [1.807, 2.05) is 13.8 Å². The SMILES string of the molecule is CN(CC(C)(C)CN)C(=O)c1ccc(F)c(C(F)(F)F)c1.Cl. The van der Waals surface area contributed by atoms with Gasteiger partial charge in [-0.2, -0.15) is 13.2 Å². The molecule has 3 nitrogen and oxygen atoms in total. The molecule has 0 radical (unpaired) electrons. The molecule has 1 amide bonds. The lowest BCUT2D eigenvalue weighted by Crippen LogP contribution is -2.39. The number of nitrogens with zero attached hydrogens (tertiary/aromatic N) is 1. The van der Waals surface area contributed by atoms with Crippen molar-refractivity contribution in [3.05, 3.63) is 35.1 Å².